The molecule has 0 saturated carbocycles. The molecule has 0 radical (unpaired) electrons. The van der Waals surface area contributed by atoms with Crippen molar-refractivity contribution >= 4 is 5.91 Å². The zero-order chi connectivity index (χ0) is 22.6. The molecule has 30 heavy (non-hydrogen) atoms. The van der Waals surface area contributed by atoms with Gasteiger partial charge >= 0.3 is 5.69 Å². The molecule has 7 heteroatoms. The van der Waals surface area contributed by atoms with Crippen LogP contribution in [0.5, 0.6) is 5.88 Å². The smallest absolute Gasteiger partial charge is 0.331 e. The summed E-state index contributed by atoms with van der Waals surface area (Å²) in [6, 6.07) is 0. The monoisotopic (exact) mass is 425 g/mol. The lowest BCUT2D eigenvalue weighted by Crippen LogP contribution is -2.30. The van der Waals surface area contributed by atoms with E-state index in [2.05, 4.69) is 12.2 Å². The first-order chi connectivity index (χ1) is 14.2. The van der Waals surface area contributed by atoms with Crippen LogP contribution >= 0.6 is 0 Å². The van der Waals surface area contributed by atoms with Crippen molar-refractivity contribution in [2.24, 2.45) is 7.05 Å². The number of aromatic nitrogens is 2. The zero-order valence-corrected chi connectivity index (χ0v) is 19.5. The van der Waals surface area contributed by atoms with E-state index in [9.17, 15) is 19.8 Å². The summed E-state index contributed by atoms with van der Waals surface area (Å²) in [4.78, 5) is 23.4. The van der Waals surface area contributed by atoms with Gasteiger partial charge in [0.2, 0.25) is 11.8 Å². The Bertz CT molecular complexity index is 691. The van der Waals surface area contributed by atoms with E-state index in [0.717, 1.165) is 51.4 Å². The Labute approximate surface area is 181 Å². The van der Waals surface area contributed by atoms with Gasteiger partial charge in [-0.1, -0.05) is 51.9 Å². The fourth-order valence-corrected chi connectivity index (χ4v) is 3.80. The number of carbonyl (C=O) groups is 1. The summed E-state index contributed by atoms with van der Waals surface area (Å²) in [5.74, 6) is 0.0423. The molecule has 1 aromatic heterocycles. The van der Waals surface area contributed by atoms with Gasteiger partial charge in [-0.3, -0.25) is 13.9 Å². The third kappa shape index (κ3) is 9.37. The van der Waals surface area contributed by atoms with Gasteiger partial charge in [0.05, 0.1) is 11.3 Å². The standard InChI is InChI=1S/C23H43N3O4/c1-5-6-7-12-15-23(3,30)16-18-26-20(21(28)25(4)22(26)29)14-11-9-8-10-13-17-24-19(2)27/h28,30H,5-18H2,1-4H3,(H,24,27). The molecule has 1 rings (SSSR count). The van der Waals surface area contributed by atoms with Crippen molar-refractivity contribution < 1.29 is 15.0 Å². The van der Waals surface area contributed by atoms with E-state index in [1.54, 1.807) is 11.6 Å². The fourth-order valence-electron chi connectivity index (χ4n) is 3.80. The second-order valence-electron chi connectivity index (χ2n) is 8.82. The molecule has 174 valence electrons. The van der Waals surface area contributed by atoms with Gasteiger partial charge in [0.1, 0.15) is 0 Å². The van der Waals surface area contributed by atoms with Gasteiger partial charge in [0, 0.05) is 27.1 Å². The topological polar surface area (TPSA) is 96.5 Å². The molecule has 0 saturated heterocycles. The predicted molar refractivity (Wildman–Crippen MR) is 121 cm³/mol. The molecule has 3 N–H and O–H groups in total. The van der Waals surface area contributed by atoms with Crippen LogP contribution in [0.4, 0.5) is 0 Å². The minimum atomic E-state index is -0.802. The molecule has 0 bridgehead atoms. The van der Waals surface area contributed by atoms with Crippen molar-refractivity contribution in [3.8, 4) is 5.88 Å². The van der Waals surface area contributed by atoms with Crippen LogP contribution in [0, 0.1) is 0 Å². The van der Waals surface area contributed by atoms with Crippen molar-refractivity contribution in [1.29, 1.82) is 0 Å². The highest BCUT2D eigenvalue weighted by Gasteiger charge is 2.23. The number of carbonyl (C=O) groups excluding carboxylic acids is 1. The first-order valence-corrected chi connectivity index (χ1v) is 11.6. The average molecular weight is 426 g/mol. The highest BCUT2D eigenvalue weighted by Crippen LogP contribution is 2.23. The Morgan fingerprint density at radius 2 is 1.67 bits per heavy atom. The number of unbranched alkanes of at least 4 members (excludes halogenated alkanes) is 7. The molecule has 1 atom stereocenters. The van der Waals surface area contributed by atoms with Gasteiger partial charge in [-0.25, -0.2) is 4.79 Å². The van der Waals surface area contributed by atoms with Gasteiger partial charge in [0.25, 0.3) is 0 Å². The summed E-state index contributed by atoms with van der Waals surface area (Å²) in [5, 5.41) is 23.9. The van der Waals surface area contributed by atoms with Gasteiger partial charge < -0.3 is 15.5 Å². The van der Waals surface area contributed by atoms with Crippen LogP contribution in [0.3, 0.4) is 0 Å². The SMILES string of the molecule is CCCCCCC(C)(O)CCn1c(CCCCCCCNC(C)=O)c(O)n(C)c1=O. The molecule has 0 aliphatic carbocycles. The summed E-state index contributed by atoms with van der Waals surface area (Å²) < 4.78 is 2.92. The largest absolute Gasteiger partial charge is 0.493 e. The summed E-state index contributed by atoms with van der Waals surface area (Å²) in [5.41, 5.74) is -0.355. The summed E-state index contributed by atoms with van der Waals surface area (Å²) in [6.45, 7) is 6.66. The highest BCUT2D eigenvalue weighted by atomic mass is 16.3. The van der Waals surface area contributed by atoms with Crippen molar-refractivity contribution in [2.75, 3.05) is 6.54 Å². The van der Waals surface area contributed by atoms with Crippen LogP contribution in [0.15, 0.2) is 4.79 Å². The number of rotatable bonds is 16. The maximum absolute atomic E-state index is 12.5. The normalized spacial score (nSPS) is 13.4. The lowest BCUT2D eigenvalue weighted by atomic mass is 9.94. The lowest BCUT2D eigenvalue weighted by Gasteiger charge is -2.23. The van der Waals surface area contributed by atoms with Crippen molar-refractivity contribution in [3.63, 3.8) is 0 Å². The van der Waals surface area contributed by atoms with Crippen molar-refractivity contribution in [2.45, 2.75) is 110 Å². The number of aliphatic hydroxyl groups is 1. The quantitative estimate of drug-likeness (QED) is 0.352. The van der Waals surface area contributed by atoms with Crippen LogP contribution in [-0.2, 0) is 24.8 Å². The first-order valence-electron chi connectivity index (χ1n) is 11.6. The Hall–Kier alpha value is -1.76. The number of amides is 1. The maximum Gasteiger partial charge on any atom is 0.331 e. The molecule has 1 amide bonds. The van der Waals surface area contributed by atoms with Gasteiger partial charge in [-0.15, -0.1) is 0 Å². The van der Waals surface area contributed by atoms with E-state index >= 15 is 0 Å². The molecule has 1 heterocycles. The summed E-state index contributed by atoms with van der Waals surface area (Å²) in [6.07, 6.45) is 11.3. The number of hydrogen-bond donors (Lipinski definition) is 3. The molecule has 0 aromatic carbocycles. The minimum Gasteiger partial charge on any atom is -0.493 e. The van der Waals surface area contributed by atoms with E-state index < -0.39 is 5.60 Å². The number of hydrogen-bond acceptors (Lipinski definition) is 4. The Morgan fingerprint density at radius 3 is 2.33 bits per heavy atom. The van der Waals surface area contributed by atoms with Crippen LogP contribution in [0.1, 0.15) is 97.1 Å². The van der Waals surface area contributed by atoms with Crippen LogP contribution in [0.2, 0.25) is 0 Å². The molecular formula is C23H43N3O4. The van der Waals surface area contributed by atoms with Crippen LogP contribution < -0.4 is 11.0 Å². The molecule has 0 aliphatic rings. The van der Waals surface area contributed by atoms with E-state index in [1.807, 2.05) is 6.92 Å². The average Bonchev–Trinajstić information content (AvgIpc) is 2.89. The Morgan fingerprint density at radius 1 is 1.03 bits per heavy atom. The Balaban J connectivity index is 2.52. The second-order valence-corrected chi connectivity index (χ2v) is 8.82. The molecule has 0 spiro atoms. The first kappa shape index (κ1) is 26.3. The van der Waals surface area contributed by atoms with Crippen molar-refractivity contribution in [1.82, 2.24) is 14.5 Å². The van der Waals surface area contributed by atoms with Crippen LogP contribution in [0.25, 0.3) is 0 Å². The number of nitrogens with one attached hydrogen (secondary N) is 1. The van der Waals surface area contributed by atoms with E-state index in [0.29, 0.717) is 31.6 Å². The lowest BCUT2D eigenvalue weighted by molar-refractivity contribution is -0.118. The molecule has 0 aliphatic heterocycles. The molecule has 1 unspecified atom stereocenters. The number of imidazole rings is 1. The van der Waals surface area contributed by atoms with Gasteiger partial charge in [-0.05, 0) is 39.0 Å². The summed E-state index contributed by atoms with van der Waals surface area (Å²) >= 11 is 0. The van der Waals surface area contributed by atoms with E-state index in [1.165, 1.54) is 24.3 Å². The maximum atomic E-state index is 12.5. The molecule has 7 nitrogen and oxygen atoms in total. The summed E-state index contributed by atoms with van der Waals surface area (Å²) in [7, 11) is 1.59. The zero-order valence-electron chi connectivity index (χ0n) is 19.5. The van der Waals surface area contributed by atoms with Crippen LogP contribution in [-0.4, -0.2) is 37.4 Å². The van der Waals surface area contributed by atoms with E-state index in [-0.39, 0.29) is 17.5 Å². The second kappa shape index (κ2) is 13.5. The number of nitrogens with zero attached hydrogens (tertiary/aromatic N) is 2. The molecular weight excluding hydrogens is 382 g/mol. The van der Waals surface area contributed by atoms with Crippen molar-refractivity contribution in [3.05, 3.63) is 16.2 Å². The molecule has 1 aromatic rings. The predicted octanol–water partition coefficient (Wildman–Crippen LogP) is 3.63. The van der Waals surface area contributed by atoms with E-state index in [4.69, 9.17) is 0 Å². The molecule has 0 fully saturated rings. The van der Waals surface area contributed by atoms with Gasteiger partial charge in [0.15, 0.2) is 0 Å². The number of aromatic hydroxyl groups is 1. The minimum absolute atomic E-state index is 0.00691. The fraction of sp³-hybridized carbons (Fsp3) is 0.826. The third-order valence-electron chi connectivity index (χ3n) is 5.83. The highest BCUT2D eigenvalue weighted by molar-refractivity contribution is 5.72. The third-order valence-corrected chi connectivity index (χ3v) is 5.83. The van der Waals surface area contributed by atoms with Gasteiger partial charge in [-0.2, -0.15) is 0 Å². The Kier molecular flexibility index (Phi) is 11.8.